The molecule has 1 N–H and O–H groups in total. The summed E-state index contributed by atoms with van der Waals surface area (Å²) in [5.74, 6) is 0.290. The second-order valence-electron chi connectivity index (χ2n) is 5.00. The van der Waals surface area contributed by atoms with Crippen LogP contribution in [0.3, 0.4) is 0 Å². The monoisotopic (exact) mass is 210 g/mol. The summed E-state index contributed by atoms with van der Waals surface area (Å²) >= 11 is 0. The molecule has 0 radical (unpaired) electrons. The third-order valence-corrected chi connectivity index (χ3v) is 4.19. The van der Waals surface area contributed by atoms with E-state index < -0.39 is 11.0 Å². The Morgan fingerprint density at radius 1 is 1.27 bits per heavy atom. The van der Waals surface area contributed by atoms with Gasteiger partial charge in [-0.25, -0.2) is 0 Å². The van der Waals surface area contributed by atoms with Crippen molar-refractivity contribution in [3.05, 3.63) is 0 Å². The number of aliphatic hydroxyl groups is 1. The van der Waals surface area contributed by atoms with E-state index in [1.807, 2.05) is 6.92 Å². The fourth-order valence-corrected chi connectivity index (χ4v) is 3.38. The molecule has 0 bridgehead atoms. The number of fused-ring (bicyclic) bond motifs is 1. The Hall–Kier alpha value is -0.700. The fourth-order valence-electron chi connectivity index (χ4n) is 3.38. The van der Waals surface area contributed by atoms with Gasteiger partial charge in [-0.2, -0.15) is 0 Å². The molecule has 0 spiro atoms. The van der Waals surface area contributed by atoms with Gasteiger partial charge in [-0.05, 0) is 19.3 Å². The molecule has 0 aromatic heterocycles. The van der Waals surface area contributed by atoms with Gasteiger partial charge in [0, 0.05) is 19.3 Å². The molecule has 0 aromatic rings. The average Bonchev–Trinajstić information content (AvgIpc) is 2.42. The summed E-state index contributed by atoms with van der Waals surface area (Å²) in [4.78, 5) is 23.4. The van der Waals surface area contributed by atoms with E-state index in [0.29, 0.717) is 25.7 Å². The quantitative estimate of drug-likeness (QED) is 0.753. The van der Waals surface area contributed by atoms with Gasteiger partial charge in [0.15, 0.2) is 0 Å². The first-order valence-electron chi connectivity index (χ1n) is 5.81. The lowest BCUT2D eigenvalue weighted by Gasteiger charge is -2.44. The van der Waals surface area contributed by atoms with E-state index in [4.69, 9.17) is 0 Å². The second kappa shape index (κ2) is 3.41. The van der Waals surface area contributed by atoms with Crippen LogP contribution < -0.4 is 0 Å². The van der Waals surface area contributed by atoms with Gasteiger partial charge in [-0.15, -0.1) is 0 Å². The first kappa shape index (κ1) is 10.8. The molecule has 2 saturated carbocycles. The lowest BCUT2D eigenvalue weighted by Crippen LogP contribution is -2.52. The second-order valence-corrected chi connectivity index (χ2v) is 5.00. The van der Waals surface area contributed by atoms with Crippen molar-refractivity contribution in [2.24, 2.45) is 5.41 Å². The van der Waals surface area contributed by atoms with Crippen LogP contribution in [0.25, 0.3) is 0 Å². The highest BCUT2D eigenvalue weighted by Gasteiger charge is 2.60. The number of rotatable bonds is 2. The zero-order valence-electron chi connectivity index (χ0n) is 9.21. The molecular formula is C12H18O3. The Morgan fingerprint density at radius 3 is 2.67 bits per heavy atom. The molecular weight excluding hydrogens is 192 g/mol. The molecule has 2 fully saturated rings. The van der Waals surface area contributed by atoms with Gasteiger partial charge in [0.05, 0.1) is 11.0 Å². The van der Waals surface area contributed by atoms with E-state index in [1.54, 1.807) is 0 Å². The van der Waals surface area contributed by atoms with Crippen LogP contribution in [0.1, 0.15) is 51.9 Å². The summed E-state index contributed by atoms with van der Waals surface area (Å²) < 4.78 is 0. The topological polar surface area (TPSA) is 54.4 Å². The number of ketones is 2. The smallest absolute Gasteiger partial charge is 0.142 e. The maximum absolute atomic E-state index is 12.0. The number of carbonyl (C=O) groups excluding carboxylic acids is 2. The van der Waals surface area contributed by atoms with Gasteiger partial charge in [0.2, 0.25) is 0 Å². The summed E-state index contributed by atoms with van der Waals surface area (Å²) in [5.41, 5.74) is -1.61. The molecule has 15 heavy (non-hydrogen) atoms. The predicted molar refractivity (Wildman–Crippen MR) is 55.4 cm³/mol. The number of carbonyl (C=O) groups is 2. The molecule has 2 aliphatic rings. The largest absolute Gasteiger partial charge is 0.388 e. The Morgan fingerprint density at radius 2 is 2.00 bits per heavy atom. The van der Waals surface area contributed by atoms with E-state index in [9.17, 15) is 14.7 Å². The summed E-state index contributed by atoms with van der Waals surface area (Å²) in [5, 5.41) is 10.5. The Kier molecular flexibility index (Phi) is 2.45. The Balaban J connectivity index is 2.36. The predicted octanol–water partition coefficient (Wildman–Crippen LogP) is 1.62. The number of hydrogen-bond donors (Lipinski definition) is 1. The van der Waals surface area contributed by atoms with E-state index >= 15 is 0 Å². The van der Waals surface area contributed by atoms with Crippen molar-refractivity contribution in [2.75, 3.05) is 0 Å². The zero-order valence-corrected chi connectivity index (χ0v) is 9.21. The molecule has 3 heteroatoms. The zero-order chi connectivity index (χ0) is 11.1. The van der Waals surface area contributed by atoms with Crippen LogP contribution in [0.2, 0.25) is 0 Å². The van der Waals surface area contributed by atoms with Crippen molar-refractivity contribution < 1.29 is 14.7 Å². The van der Waals surface area contributed by atoms with Crippen molar-refractivity contribution in [1.29, 1.82) is 0 Å². The molecule has 0 unspecified atom stereocenters. The van der Waals surface area contributed by atoms with Crippen LogP contribution in [0.15, 0.2) is 0 Å². The highest BCUT2D eigenvalue weighted by molar-refractivity contribution is 5.93. The lowest BCUT2D eigenvalue weighted by molar-refractivity contribution is -0.152. The number of Topliss-reactive ketones (excluding diaryl/α,β-unsaturated/α-hetero) is 2. The van der Waals surface area contributed by atoms with E-state index in [0.717, 1.165) is 12.8 Å². The van der Waals surface area contributed by atoms with E-state index in [1.165, 1.54) is 0 Å². The minimum atomic E-state index is -1.02. The van der Waals surface area contributed by atoms with Gasteiger partial charge >= 0.3 is 0 Å². The van der Waals surface area contributed by atoms with Gasteiger partial charge in [0.1, 0.15) is 11.6 Å². The summed E-state index contributed by atoms with van der Waals surface area (Å²) in [7, 11) is 0. The van der Waals surface area contributed by atoms with Crippen molar-refractivity contribution in [2.45, 2.75) is 57.5 Å². The minimum absolute atomic E-state index is 0.110. The minimum Gasteiger partial charge on any atom is -0.388 e. The fraction of sp³-hybridized carbons (Fsp3) is 0.833. The summed E-state index contributed by atoms with van der Waals surface area (Å²) in [6.07, 6.45) is 3.78. The first-order valence-corrected chi connectivity index (χ1v) is 5.81. The maximum atomic E-state index is 12.0. The summed E-state index contributed by atoms with van der Waals surface area (Å²) in [6, 6.07) is 0. The number of hydrogen-bond acceptors (Lipinski definition) is 3. The molecule has 2 rings (SSSR count). The highest BCUT2D eigenvalue weighted by atomic mass is 16.3. The van der Waals surface area contributed by atoms with Crippen molar-refractivity contribution in [3.8, 4) is 0 Å². The Labute approximate surface area is 89.9 Å². The van der Waals surface area contributed by atoms with E-state index in [2.05, 4.69) is 0 Å². The van der Waals surface area contributed by atoms with Crippen LogP contribution in [-0.2, 0) is 9.59 Å². The van der Waals surface area contributed by atoms with Crippen LogP contribution in [0.5, 0.6) is 0 Å². The third kappa shape index (κ3) is 1.36. The van der Waals surface area contributed by atoms with Crippen molar-refractivity contribution in [3.63, 3.8) is 0 Å². The molecule has 84 valence electrons. The summed E-state index contributed by atoms with van der Waals surface area (Å²) in [6.45, 7) is 2.02. The SMILES string of the molecule is CCC[C@]12CCC(=O)C[C@@]1(O)CCC2=O. The van der Waals surface area contributed by atoms with Crippen LogP contribution in [0, 0.1) is 5.41 Å². The lowest BCUT2D eigenvalue weighted by atomic mass is 9.62. The molecule has 2 aliphatic carbocycles. The van der Waals surface area contributed by atoms with E-state index in [-0.39, 0.29) is 18.0 Å². The van der Waals surface area contributed by atoms with Crippen LogP contribution in [0.4, 0.5) is 0 Å². The average molecular weight is 210 g/mol. The van der Waals surface area contributed by atoms with Crippen molar-refractivity contribution in [1.82, 2.24) is 0 Å². The third-order valence-electron chi connectivity index (χ3n) is 4.19. The molecule has 0 saturated heterocycles. The molecule has 3 nitrogen and oxygen atoms in total. The molecule has 2 atom stereocenters. The van der Waals surface area contributed by atoms with Crippen molar-refractivity contribution >= 4 is 11.6 Å². The molecule has 0 amide bonds. The highest BCUT2D eigenvalue weighted by Crippen LogP contribution is 2.54. The van der Waals surface area contributed by atoms with Crippen LogP contribution in [-0.4, -0.2) is 22.3 Å². The van der Waals surface area contributed by atoms with Crippen LogP contribution >= 0.6 is 0 Å². The van der Waals surface area contributed by atoms with Gasteiger partial charge in [0.25, 0.3) is 0 Å². The Bertz CT molecular complexity index is 310. The standard InChI is InChI=1S/C12H18O3/c1-2-5-11-6-3-9(13)8-12(11,15)7-4-10(11)14/h15H,2-8H2,1H3/t11-,12+/m1/s1. The van der Waals surface area contributed by atoms with Gasteiger partial charge in [-0.1, -0.05) is 13.3 Å². The molecule has 0 aromatic carbocycles. The normalized spacial score (nSPS) is 40.7. The molecule has 0 heterocycles. The van der Waals surface area contributed by atoms with Gasteiger partial charge in [-0.3, -0.25) is 9.59 Å². The molecule has 0 aliphatic heterocycles. The maximum Gasteiger partial charge on any atom is 0.142 e. The van der Waals surface area contributed by atoms with Gasteiger partial charge < -0.3 is 5.11 Å². The first-order chi connectivity index (χ1) is 7.04.